The second-order valence-corrected chi connectivity index (χ2v) is 3.93. The maximum absolute atomic E-state index is 10.8. The van der Waals surface area contributed by atoms with Crippen molar-refractivity contribution < 1.29 is 4.79 Å². The summed E-state index contributed by atoms with van der Waals surface area (Å²) in [4.78, 5) is 12.0. The minimum absolute atomic E-state index is 0.0448. The van der Waals surface area contributed by atoms with Crippen LogP contribution in [0.5, 0.6) is 0 Å². The van der Waals surface area contributed by atoms with Crippen molar-refractivity contribution >= 4 is 17.5 Å². The van der Waals surface area contributed by atoms with Gasteiger partial charge in [-0.2, -0.15) is 0 Å². The number of hydrogen-bond donors (Lipinski definition) is 1. The van der Waals surface area contributed by atoms with Crippen molar-refractivity contribution in [1.82, 2.24) is 0 Å². The van der Waals surface area contributed by atoms with Gasteiger partial charge in [-0.3, -0.25) is 4.79 Å². The number of ketones is 1. The Morgan fingerprint density at radius 2 is 2.08 bits per heavy atom. The van der Waals surface area contributed by atoms with Gasteiger partial charge in [0.05, 0.1) is 6.04 Å². The molecule has 13 heavy (non-hydrogen) atoms. The molecule has 3 heteroatoms. The Bertz CT molecular complexity index is 274. The van der Waals surface area contributed by atoms with Crippen molar-refractivity contribution in [2.45, 2.75) is 17.9 Å². The number of thioether (sulfide) groups is 1. The van der Waals surface area contributed by atoms with E-state index in [4.69, 9.17) is 5.73 Å². The fourth-order valence-corrected chi connectivity index (χ4v) is 1.78. The molecular weight excluding hydrogens is 182 g/mol. The molecular formula is C10H13NOS. The predicted molar refractivity (Wildman–Crippen MR) is 55.8 cm³/mol. The number of benzene rings is 1. The molecule has 70 valence electrons. The Morgan fingerprint density at radius 1 is 1.46 bits per heavy atom. The molecule has 0 aromatic heterocycles. The highest BCUT2D eigenvalue weighted by molar-refractivity contribution is 7.99. The van der Waals surface area contributed by atoms with Gasteiger partial charge in [0.1, 0.15) is 5.78 Å². The molecule has 0 saturated carbocycles. The van der Waals surface area contributed by atoms with Gasteiger partial charge < -0.3 is 5.73 Å². The van der Waals surface area contributed by atoms with Crippen LogP contribution in [-0.4, -0.2) is 17.6 Å². The molecule has 0 heterocycles. The predicted octanol–water partition coefficient (Wildman–Crippen LogP) is 1.70. The van der Waals surface area contributed by atoms with Gasteiger partial charge >= 0.3 is 0 Å². The third kappa shape index (κ3) is 3.61. The van der Waals surface area contributed by atoms with E-state index in [1.807, 2.05) is 30.3 Å². The van der Waals surface area contributed by atoms with Crippen molar-refractivity contribution in [2.75, 3.05) is 5.75 Å². The molecule has 0 aliphatic rings. The zero-order valence-corrected chi connectivity index (χ0v) is 8.38. The Morgan fingerprint density at radius 3 is 2.62 bits per heavy atom. The van der Waals surface area contributed by atoms with Gasteiger partial charge in [-0.05, 0) is 19.1 Å². The molecule has 1 aromatic rings. The summed E-state index contributed by atoms with van der Waals surface area (Å²) in [5, 5.41) is 0. The molecule has 2 nitrogen and oxygen atoms in total. The van der Waals surface area contributed by atoms with Crippen molar-refractivity contribution in [3.63, 3.8) is 0 Å². The topological polar surface area (TPSA) is 43.1 Å². The zero-order chi connectivity index (χ0) is 9.68. The lowest BCUT2D eigenvalue weighted by atomic mass is 10.3. The highest BCUT2D eigenvalue weighted by Gasteiger charge is 2.07. The van der Waals surface area contributed by atoms with E-state index < -0.39 is 0 Å². The highest BCUT2D eigenvalue weighted by Crippen LogP contribution is 2.17. The van der Waals surface area contributed by atoms with Crippen LogP contribution in [0.15, 0.2) is 35.2 Å². The SMILES string of the molecule is CC(=O)[C@@H](N)CSc1ccccc1. The van der Waals surface area contributed by atoms with Crippen LogP contribution >= 0.6 is 11.8 Å². The first-order chi connectivity index (χ1) is 6.20. The van der Waals surface area contributed by atoms with Crippen molar-refractivity contribution in [3.8, 4) is 0 Å². The van der Waals surface area contributed by atoms with Gasteiger partial charge in [-0.25, -0.2) is 0 Å². The number of rotatable bonds is 4. The summed E-state index contributed by atoms with van der Waals surface area (Å²) in [6.07, 6.45) is 0. The molecule has 1 rings (SSSR count). The first-order valence-electron chi connectivity index (χ1n) is 4.14. The van der Waals surface area contributed by atoms with Crippen LogP contribution in [0.2, 0.25) is 0 Å². The van der Waals surface area contributed by atoms with E-state index in [0.29, 0.717) is 5.75 Å². The van der Waals surface area contributed by atoms with E-state index in [0.717, 1.165) is 4.90 Å². The van der Waals surface area contributed by atoms with Gasteiger partial charge in [0, 0.05) is 10.6 Å². The highest BCUT2D eigenvalue weighted by atomic mass is 32.2. The smallest absolute Gasteiger partial charge is 0.147 e. The molecule has 0 aliphatic heterocycles. The van der Waals surface area contributed by atoms with E-state index in [1.54, 1.807) is 11.8 Å². The molecule has 0 amide bonds. The Labute approximate surface area is 82.5 Å². The van der Waals surface area contributed by atoms with Crippen LogP contribution in [0.25, 0.3) is 0 Å². The second kappa shape index (κ2) is 5.04. The molecule has 1 atom stereocenters. The standard InChI is InChI=1S/C10H13NOS/c1-8(12)10(11)7-13-9-5-3-2-4-6-9/h2-6,10H,7,11H2,1H3/t10-/m0/s1. The van der Waals surface area contributed by atoms with Crippen LogP contribution in [-0.2, 0) is 4.79 Å². The summed E-state index contributed by atoms with van der Waals surface area (Å²) in [6, 6.07) is 9.60. The van der Waals surface area contributed by atoms with Crippen LogP contribution in [0.1, 0.15) is 6.92 Å². The first-order valence-corrected chi connectivity index (χ1v) is 5.12. The van der Waals surface area contributed by atoms with Gasteiger partial charge in [-0.1, -0.05) is 18.2 Å². The number of carbonyl (C=O) groups is 1. The number of carbonyl (C=O) groups excluding carboxylic acids is 1. The molecule has 2 N–H and O–H groups in total. The van der Waals surface area contributed by atoms with Gasteiger partial charge in [-0.15, -0.1) is 11.8 Å². The van der Waals surface area contributed by atoms with Gasteiger partial charge in [0.2, 0.25) is 0 Å². The molecule has 0 aliphatic carbocycles. The monoisotopic (exact) mass is 195 g/mol. The van der Waals surface area contributed by atoms with E-state index in [9.17, 15) is 4.79 Å². The summed E-state index contributed by atoms with van der Waals surface area (Å²) in [5.74, 6) is 0.697. The Hall–Kier alpha value is -0.800. The molecule has 0 saturated heterocycles. The maximum Gasteiger partial charge on any atom is 0.147 e. The number of nitrogens with two attached hydrogens (primary N) is 1. The lowest BCUT2D eigenvalue weighted by Crippen LogP contribution is -2.30. The van der Waals surface area contributed by atoms with E-state index in [-0.39, 0.29) is 11.8 Å². The fourth-order valence-electron chi connectivity index (χ4n) is 0.820. The first kappa shape index (κ1) is 10.3. The van der Waals surface area contributed by atoms with Crippen LogP contribution in [0.4, 0.5) is 0 Å². The molecule has 0 bridgehead atoms. The van der Waals surface area contributed by atoms with E-state index >= 15 is 0 Å². The largest absolute Gasteiger partial charge is 0.321 e. The maximum atomic E-state index is 10.8. The lowest BCUT2D eigenvalue weighted by Gasteiger charge is -2.06. The summed E-state index contributed by atoms with van der Waals surface area (Å²) in [5.41, 5.74) is 5.59. The molecule has 0 spiro atoms. The van der Waals surface area contributed by atoms with E-state index in [1.165, 1.54) is 6.92 Å². The van der Waals surface area contributed by atoms with E-state index in [2.05, 4.69) is 0 Å². The Kier molecular flexibility index (Phi) is 3.99. The Balaban J connectivity index is 2.39. The quantitative estimate of drug-likeness (QED) is 0.743. The third-order valence-electron chi connectivity index (χ3n) is 1.69. The van der Waals surface area contributed by atoms with Gasteiger partial charge in [0.15, 0.2) is 0 Å². The molecule has 1 aromatic carbocycles. The van der Waals surface area contributed by atoms with Crippen LogP contribution < -0.4 is 5.73 Å². The average Bonchev–Trinajstić information content (AvgIpc) is 2.15. The molecule has 0 unspecified atom stereocenters. The molecule has 0 radical (unpaired) electrons. The van der Waals surface area contributed by atoms with Crippen LogP contribution in [0, 0.1) is 0 Å². The second-order valence-electron chi connectivity index (χ2n) is 2.84. The van der Waals surface area contributed by atoms with Crippen molar-refractivity contribution in [1.29, 1.82) is 0 Å². The lowest BCUT2D eigenvalue weighted by molar-refractivity contribution is -0.117. The summed E-state index contributed by atoms with van der Waals surface area (Å²) in [6.45, 7) is 1.52. The van der Waals surface area contributed by atoms with Gasteiger partial charge in [0.25, 0.3) is 0 Å². The fraction of sp³-hybridized carbons (Fsp3) is 0.300. The normalized spacial score (nSPS) is 12.5. The summed E-state index contributed by atoms with van der Waals surface area (Å²) in [7, 11) is 0. The third-order valence-corrected chi connectivity index (χ3v) is 2.83. The summed E-state index contributed by atoms with van der Waals surface area (Å²) >= 11 is 1.61. The zero-order valence-electron chi connectivity index (χ0n) is 7.57. The minimum atomic E-state index is -0.342. The van der Waals surface area contributed by atoms with Crippen molar-refractivity contribution in [2.24, 2.45) is 5.73 Å². The number of Topliss-reactive ketones (excluding diaryl/α,β-unsaturated/α-hetero) is 1. The number of hydrogen-bond acceptors (Lipinski definition) is 3. The van der Waals surface area contributed by atoms with Crippen LogP contribution in [0.3, 0.4) is 0 Å². The average molecular weight is 195 g/mol. The minimum Gasteiger partial charge on any atom is -0.321 e. The van der Waals surface area contributed by atoms with Crippen molar-refractivity contribution in [3.05, 3.63) is 30.3 Å². The molecule has 0 fully saturated rings. The summed E-state index contributed by atoms with van der Waals surface area (Å²) < 4.78 is 0.